The molecule has 0 bridgehead atoms. The molecule has 21 heavy (non-hydrogen) atoms. The van der Waals surface area contributed by atoms with Gasteiger partial charge in [0.25, 0.3) is 0 Å². The Morgan fingerprint density at radius 3 is 2.57 bits per heavy atom. The highest BCUT2D eigenvalue weighted by molar-refractivity contribution is 7.89. The van der Waals surface area contributed by atoms with Crippen LogP contribution < -0.4 is 4.72 Å². The second-order valence-corrected chi connectivity index (χ2v) is 8.10. The normalized spacial score (nSPS) is 18.0. The maximum atomic E-state index is 12.4. The van der Waals surface area contributed by atoms with Gasteiger partial charge in [-0.3, -0.25) is 0 Å². The minimum atomic E-state index is -3.65. The number of piperidine rings is 1. The SMILES string of the molecule is CCN1CCC(NS(=O)(=O)c2cc(C(=O)O)sc2C)CC1. The van der Waals surface area contributed by atoms with Crippen molar-refractivity contribution in [3.8, 4) is 0 Å². The maximum absolute atomic E-state index is 12.4. The van der Waals surface area contributed by atoms with Crippen LogP contribution in [0.4, 0.5) is 0 Å². The summed E-state index contributed by atoms with van der Waals surface area (Å²) in [6.45, 7) is 6.46. The zero-order valence-electron chi connectivity index (χ0n) is 12.1. The standard InChI is InChI=1S/C13H20N2O4S2/c1-3-15-6-4-10(5-7-15)14-21(18,19)12-8-11(13(16)17)20-9(12)2/h8,10,14H,3-7H2,1-2H3,(H,16,17). The number of hydrogen-bond acceptors (Lipinski definition) is 5. The number of rotatable bonds is 5. The number of nitrogens with one attached hydrogen (secondary N) is 1. The molecule has 0 spiro atoms. The number of carbonyl (C=O) groups is 1. The third-order valence-corrected chi connectivity index (χ3v) is 6.54. The monoisotopic (exact) mass is 332 g/mol. The van der Waals surface area contributed by atoms with E-state index in [2.05, 4.69) is 16.5 Å². The van der Waals surface area contributed by atoms with Crippen molar-refractivity contribution in [2.24, 2.45) is 0 Å². The Labute approximate surface area is 128 Å². The average Bonchev–Trinajstić information content (AvgIpc) is 2.82. The van der Waals surface area contributed by atoms with Crippen molar-refractivity contribution >= 4 is 27.3 Å². The van der Waals surface area contributed by atoms with E-state index in [0.717, 1.165) is 43.8 Å². The van der Waals surface area contributed by atoms with E-state index in [1.165, 1.54) is 6.07 Å². The number of sulfonamides is 1. The molecule has 1 fully saturated rings. The second kappa shape index (κ2) is 6.43. The molecule has 1 aliphatic heterocycles. The fourth-order valence-corrected chi connectivity index (χ4v) is 5.22. The smallest absolute Gasteiger partial charge is 0.345 e. The van der Waals surface area contributed by atoms with Gasteiger partial charge in [-0.2, -0.15) is 0 Å². The second-order valence-electron chi connectivity index (χ2n) is 5.17. The van der Waals surface area contributed by atoms with Gasteiger partial charge in [-0.05, 0) is 45.5 Å². The van der Waals surface area contributed by atoms with Gasteiger partial charge in [0.1, 0.15) is 4.88 Å². The average molecular weight is 332 g/mol. The topological polar surface area (TPSA) is 86.7 Å². The molecule has 0 atom stereocenters. The van der Waals surface area contributed by atoms with E-state index in [-0.39, 0.29) is 15.8 Å². The largest absolute Gasteiger partial charge is 0.477 e. The summed E-state index contributed by atoms with van der Waals surface area (Å²) in [6, 6.07) is 1.16. The molecular formula is C13H20N2O4S2. The lowest BCUT2D eigenvalue weighted by atomic mass is 10.1. The van der Waals surface area contributed by atoms with Crippen LogP contribution >= 0.6 is 11.3 Å². The predicted octanol–water partition coefficient (Wildman–Crippen LogP) is 1.52. The molecule has 1 saturated heterocycles. The van der Waals surface area contributed by atoms with E-state index in [1.807, 2.05) is 0 Å². The van der Waals surface area contributed by atoms with Crippen molar-refractivity contribution in [3.05, 3.63) is 15.8 Å². The molecule has 118 valence electrons. The molecule has 0 saturated carbocycles. The lowest BCUT2D eigenvalue weighted by Gasteiger charge is -2.31. The molecule has 6 nitrogen and oxygen atoms in total. The molecule has 2 heterocycles. The van der Waals surface area contributed by atoms with Crippen LogP contribution in [0.5, 0.6) is 0 Å². The summed E-state index contributed by atoms with van der Waals surface area (Å²) in [5, 5.41) is 8.96. The number of nitrogens with zero attached hydrogens (tertiary/aromatic N) is 1. The molecule has 8 heteroatoms. The predicted molar refractivity (Wildman–Crippen MR) is 81.5 cm³/mol. The Hall–Kier alpha value is -0.960. The van der Waals surface area contributed by atoms with Gasteiger partial charge in [0.2, 0.25) is 10.0 Å². The van der Waals surface area contributed by atoms with Gasteiger partial charge in [-0.15, -0.1) is 11.3 Å². The number of carboxylic acids is 1. The minimum Gasteiger partial charge on any atom is -0.477 e. The van der Waals surface area contributed by atoms with Crippen LogP contribution in [0, 0.1) is 6.92 Å². The van der Waals surface area contributed by atoms with Gasteiger partial charge < -0.3 is 10.0 Å². The number of aromatic carboxylic acids is 1. The summed E-state index contributed by atoms with van der Waals surface area (Å²) in [5.74, 6) is -1.10. The van der Waals surface area contributed by atoms with Crippen molar-refractivity contribution < 1.29 is 18.3 Å². The first-order valence-electron chi connectivity index (χ1n) is 6.92. The zero-order valence-corrected chi connectivity index (χ0v) is 13.8. The van der Waals surface area contributed by atoms with E-state index in [1.54, 1.807) is 6.92 Å². The zero-order chi connectivity index (χ0) is 15.6. The van der Waals surface area contributed by atoms with Gasteiger partial charge in [0, 0.05) is 10.9 Å². The van der Waals surface area contributed by atoms with Gasteiger partial charge >= 0.3 is 5.97 Å². The molecule has 2 N–H and O–H groups in total. The van der Waals surface area contributed by atoms with E-state index in [4.69, 9.17) is 5.11 Å². The molecule has 1 aromatic rings. The van der Waals surface area contributed by atoms with Gasteiger partial charge in [-0.1, -0.05) is 6.92 Å². The Balaban J connectivity index is 2.10. The van der Waals surface area contributed by atoms with Crippen LogP contribution in [-0.2, 0) is 10.0 Å². The number of thiophene rings is 1. The molecule has 2 rings (SSSR count). The van der Waals surface area contributed by atoms with Gasteiger partial charge in [0.15, 0.2) is 0 Å². The fraction of sp³-hybridized carbons (Fsp3) is 0.615. The lowest BCUT2D eigenvalue weighted by molar-refractivity contribution is 0.0702. The fourth-order valence-electron chi connectivity index (χ4n) is 2.49. The minimum absolute atomic E-state index is 0.0497. The number of carboxylic acid groups (broad SMARTS) is 1. The quantitative estimate of drug-likeness (QED) is 0.854. The van der Waals surface area contributed by atoms with Crippen LogP contribution in [0.2, 0.25) is 0 Å². The molecule has 0 radical (unpaired) electrons. The third-order valence-electron chi connectivity index (χ3n) is 3.73. The Kier molecular flexibility index (Phi) is 5.03. The van der Waals surface area contributed by atoms with Crippen LogP contribution in [0.15, 0.2) is 11.0 Å². The lowest BCUT2D eigenvalue weighted by Crippen LogP contribution is -2.44. The summed E-state index contributed by atoms with van der Waals surface area (Å²) in [6.07, 6.45) is 1.56. The van der Waals surface area contributed by atoms with E-state index in [0.29, 0.717) is 4.88 Å². The van der Waals surface area contributed by atoms with E-state index in [9.17, 15) is 13.2 Å². The molecule has 0 amide bonds. The van der Waals surface area contributed by atoms with E-state index < -0.39 is 16.0 Å². The van der Waals surface area contributed by atoms with Crippen LogP contribution in [-0.4, -0.2) is 50.1 Å². The molecule has 1 aromatic heterocycles. The molecule has 0 aliphatic carbocycles. The summed E-state index contributed by atoms with van der Waals surface area (Å²) in [5.41, 5.74) is 0. The molecule has 0 aromatic carbocycles. The number of hydrogen-bond donors (Lipinski definition) is 2. The first-order valence-corrected chi connectivity index (χ1v) is 9.22. The summed E-state index contributed by atoms with van der Waals surface area (Å²) >= 11 is 0.988. The van der Waals surface area contributed by atoms with Crippen LogP contribution in [0.1, 0.15) is 34.3 Å². The maximum Gasteiger partial charge on any atom is 0.345 e. The van der Waals surface area contributed by atoms with Crippen LogP contribution in [0.25, 0.3) is 0 Å². The van der Waals surface area contributed by atoms with Crippen molar-refractivity contribution in [1.29, 1.82) is 0 Å². The summed E-state index contributed by atoms with van der Waals surface area (Å²) in [7, 11) is -3.65. The molecule has 0 unspecified atom stereocenters. The number of likely N-dealkylation sites (tertiary alicyclic amines) is 1. The van der Waals surface area contributed by atoms with Gasteiger partial charge in [0.05, 0.1) is 4.90 Å². The highest BCUT2D eigenvalue weighted by Gasteiger charge is 2.27. The van der Waals surface area contributed by atoms with Crippen molar-refractivity contribution in [2.45, 2.75) is 37.6 Å². The molecular weight excluding hydrogens is 312 g/mol. The highest BCUT2D eigenvalue weighted by atomic mass is 32.2. The summed E-state index contributed by atoms with van der Waals surface area (Å²) in [4.78, 5) is 13.9. The first-order chi connectivity index (χ1) is 9.83. The van der Waals surface area contributed by atoms with Crippen LogP contribution in [0.3, 0.4) is 0 Å². The van der Waals surface area contributed by atoms with E-state index >= 15 is 0 Å². The van der Waals surface area contributed by atoms with Crippen molar-refractivity contribution in [3.63, 3.8) is 0 Å². The van der Waals surface area contributed by atoms with Crippen molar-refractivity contribution in [1.82, 2.24) is 9.62 Å². The van der Waals surface area contributed by atoms with Crippen molar-refractivity contribution in [2.75, 3.05) is 19.6 Å². The Morgan fingerprint density at radius 1 is 1.48 bits per heavy atom. The third kappa shape index (κ3) is 3.82. The summed E-state index contributed by atoms with van der Waals surface area (Å²) < 4.78 is 27.5. The number of aryl methyl sites for hydroxylation is 1. The van der Waals surface area contributed by atoms with Gasteiger partial charge in [-0.25, -0.2) is 17.9 Å². The first kappa shape index (κ1) is 16.4. The Bertz CT molecular complexity index is 616. The Morgan fingerprint density at radius 2 is 2.10 bits per heavy atom. The highest BCUT2D eigenvalue weighted by Crippen LogP contribution is 2.26. The molecule has 1 aliphatic rings.